The Morgan fingerprint density at radius 3 is 2.05 bits per heavy atom. The Morgan fingerprint density at radius 1 is 0.818 bits per heavy atom. The van der Waals surface area contributed by atoms with Crippen molar-refractivity contribution in [1.82, 2.24) is 0 Å². The molecule has 0 radical (unpaired) electrons. The van der Waals surface area contributed by atoms with Gasteiger partial charge in [0.25, 0.3) is 6.08 Å². The zero-order valence-corrected chi connectivity index (χ0v) is 13.4. The van der Waals surface area contributed by atoms with Crippen molar-refractivity contribution >= 4 is 0 Å². The van der Waals surface area contributed by atoms with E-state index in [1.807, 2.05) is 18.2 Å². The molecular formula is C19H28F2O. The van der Waals surface area contributed by atoms with E-state index in [-0.39, 0.29) is 0 Å². The summed E-state index contributed by atoms with van der Waals surface area (Å²) in [5, 5.41) is 0. The molecular weight excluding hydrogens is 282 g/mol. The van der Waals surface area contributed by atoms with Gasteiger partial charge < -0.3 is 4.74 Å². The van der Waals surface area contributed by atoms with Crippen LogP contribution in [0.5, 0.6) is 0 Å². The van der Waals surface area contributed by atoms with E-state index in [0.717, 1.165) is 38.4 Å². The van der Waals surface area contributed by atoms with Crippen LogP contribution in [0.4, 0.5) is 8.78 Å². The van der Waals surface area contributed by atoms with Crippen LogP contribution < -0.4 is 0 Å². The lowest BCUT2D eigenvalue weighted by molar-refractivity contribution is 0.116. The Kier molecular flexibility index (Phi) is 11.5. The maximum Gasteiger partial charge on any atom is 0.266 e. The number of halogens is 2. The fraction of sp³-hybridized carbons (Fsp3) is 0.579. The Labute approximate surface area is 133 Å². The number of unbranched alkanes of at least 4 members (excludes halogenated alkanes) is 8. The average Bonchev–Trinajstić information content (AvgIpc) is 2.52. The first kappa shape index (κ1) is 18.8. The molecule has 0 aliphatic rings. The van der Waals surface area contributed by atoms with Gasteiger partial charge in [0, 0.05) is 6.61 Å². The zero-order chi connectivity index (χ0) is 15.9. The molecule has 22 heavy (non-hydrogen) atoms. The van der Waals surface area contributed by atoms with Gasteiger partial charge in [0.2, 0.25) is 0 Å². The van der Waals surface area contributed by atoms with Crippen molar-refractivity contribution in [2.24, 2.45) is 0 Å². The van der Waals surface area contributed by atoms with E-state index >= 15 is 0 Å². The van der Waals surface area contributed by atoms with E-state index in [4.69, 9.17) is 4.74 Å². The Hall–Kier alpha value is -1.22. The van der Waals surface area contributed by atoms with Crippen molar-refractivity contribution in [1.29, 1.82) is 0 Å². The summed E-state index contributed by atoms with van der Waals surface area (Å²) < 4.78 is 29.2. The number of allylic oxidation sites excluding steroid dienone is 1. The van der Waals surface area contributed by atoms with E-state index in [0.29, 0.717) is 13.0 Å². The van der Waals surface area contributed by atoms with Gasteiger partial charge in [-0.15, -0.1) is 0 Å². The molecule has 0 fully saturated rings. The molecule has 0 atom stereocenters. The predicted octanol–water partition coefficient (Wildman–Crippen LogP) is 6.49. The smallest absolute Gasteiger partial charge is 0.266 e. The van der Waals surface area contributed by atoms with Crippen LogP contribution in [0.25, 0.3) is 0 Å². The van der Waals surface area contributed by atoms with E-state index in [1.165, 1.54) is 31.2 Å². The van der Waals surface area contributed by atoms with Gasteiger partial charge in [-0.1, -0.05) is 68.9 Å². The first-order valence-electron chi connectivity index (χ1n) is 8.42. The number of rotatable bonds is 13. The largest absolute Gasteiger partial charge is 0.377 e. The minimum atomic E-state index is -1.55. The van der Waals surface area contributed by atoms with Crippen molar-refractivity contribution in [2.45, 2.75) is 64.4 Å². The summed E-state index contributed by atoms with van der Waals surface area (Å²) in [7, 11) is 0. The highest BCUT2D eigenvalue weighted by atomic mass is 19.3. The van der Waals surface area contributed by atoms with Gasteiger partial charge in [-0.05, 0) is 30.9 Å². The van der Waals surface area contributed by atoms with Crippen LogP contribution in [-0.2, 0) is 11.3 Å². The van der Waals surface area contributed by atoms with Crippen molar-refractivity contribution < 1.29 is 13.5 Å². The molecule has 0 amide bonds. The molecule has 124 valence electrons. The maximum atomic E-state index is 11.8. The molecule has 0 aliphatic heterocycles. The number of hydrogen-bond acceptors (Lipinski definition) is 1. The van der Waals surface area contributed by atoms with E-state index in [1.54, 1.807) is 0 Å². The summed E-state index contributed by atoms with van der Waals surface area (Å²) >= 11 is 0. The highest BCUT2D eigenvalue weighted by Gasteiger charge is 1.95. The van der Waals surface area contributed by atoms with Gasteiger partial charge >= 0.3 is 0 Å². The van der Waals surface area contributed by atoms with E-state index in [2.05, 4.69) is 12.1 Å². The summed E-state index contributed by atoms with van der Waals surface area (Å²) in [6, 6.07) is 10.2. The molecule has 1 aromatic carbocycles. The molecule has 1 aromatic rings. The third kappa shape index (κ3) is 11.4. The Bertz CT molecular complexity index is 386. The highest BCUT2D eigenvalue weighted by Crippen LogP contribution is 2.11. The fourth-order valence-corrected chi connectivity index (χ4v) is 2.38. The van der Waals surface area contributed by atoms with Crippen LogP contribution in [0.2, 0.25) is 0 Å². The highest BCUT2D eigenvalue weighted by molar-refractivity contribution is 5.13. The molecule has 0 saturated heterocycles. The predicted molar refractivity (Wildman–Crippen MR) is 88.0 cm³/mol. The first-order valence-corrected chi connectivity index (χ1v) is 8.42. The Balaban J connectivity index is 1.77. The molecule has 1 nitrogen and oxygen atoms in total. The lowest BCUT2D eigenvalue weighted by atomic mass is 10.1. The molecule has 0 bridgehead atoms. The number of benzene rings is 1. The van der Waals surface area contributed by atoms with Gasteiger partial charge in [0.15, 0.2) is 0 Å². The van der Waals surface area contributed by atoms with Crippen LogP contribution in [0, 0.1) is 0 Å². The monoisotopic (exact) mass is 310 g/mol. The molecule has 0 N–H and O–H groups in total. The topological polar surface area (TPSA) is 9.23 Å². The summed E-state index contributed by atoms with van der Waals surface area (Å²) in [6.07, 6.45) is 9.12. The maximum absolute atomic E-state index is 11.8. The summed E-state index contributed by atoms with van der Waals surface area (Å²) in [6.45, 7) is 1.53. The molecule has 0 aliphatic carbocycles. The third-order valence-electron chi connectivity index (χ3n) is 3.65. The lowest BCUT2D eigenvalue weighted by Crippen LogP contribution is -1.95. The van der Waals surface area contributed by atoms with Crippen LogP contribution in [-0.4, -0.2) is 6.61 Å². The van der Waals surface area contributed by atoms with Crippen molar-refractivity contribution in [3.8, 4) is 0 Å². The fourth-order valence-electron chi connectivity index (χ4n) is 2.38. The van der Waals surface area contributed by atoms with Crippen LogP contribution in [0.1, 0.15) is 63.4 Å². The summed E-state index contributed by atoms with van der Waals surface area (Å²) in [5.41, 5.74) is 1.23. The molecule has 0 heterocycles. The van der Waals surface area contributed by atoms with Crippen LogP contribution in [0.15, 0.2) is 42.5 Å². The van der Waals surface area contributed by atoms with Crippen molar-refractivity contribution in [3.63, 3.8) is 0 Å². The van der Waals surface area contributed by atoms with Crippen molar-refractivity contribution in [2.75, 3.05) is 6.61 Å². The molecule has 0 unspecified atom stereocenters. The van der Waals surface area contributed by atoms with Gasteiger partial charge in [0.1, 0.15) is 0 Å². The number of ether oxygens (including phenoxy) is 1. The quantitative estimate of drug-likeness (QED) is 0.378. The van der Waals surface area contributed by atoms with Gasteiger partial charge in [0.05, 0.1) is 6.61 Å². The second kappa shape index (κ2) is 13.4. The van der Waals surface area contributed by atoms with Gasteiger partial charge in [-0.25, -0.2) is 0 Å². The SMILES string of the molecule is FC(F)=CCCCCCCCCCCOCc1ccccc1. The molecule has 0 aromatic heterocycles. The average molecular weight is 310 g/mol. The molecule has 3 heteroatoms. The van der Waals surface area contributed by atoms with Crippen molar-refractivity contribution in [3.05, 3.63) is 48.1 Å². The molecule has 0 saturated carbocycles. The summed E-state index contributed by atoms with van der Waals surface area (Å²) in [4.78, 5) is 0. The zero-order valence-electron chi connectivity index (χ0n) is 13.4. The second-order valence-corrected chi connectivity index (χ2v) is 5.65. The molecule has 0 spiro atoms. The normalized spacial score (nSPS) is 10.6. The number of hydrogen-bond donors (Lipinski definition) is 0. The minimum absolute atomic E-state index is 0.515. The van der Waals surface area contributed by atoms with E-state index in [9.17, 15) is 8.78 Å². The standard InChI is InChI=1S/C19H28F2O/c20-19(21)15-11-6-4-2-1-3-5-7-12-16-22-17-18-13-9-8-10-14-18/h8-10,13-15H,1-7,11-12,16-17H2. The Morgan fingerprint density at radius 2 is 1.41 bits per heavy atom. The molecule has 1 rings (SSSR count). The van der Waals surface area contributed by atoms with Crippen LogP contribution in [0.3, 0.4) is 0 Å². The van der Waals surface area contributed by atoms with Gasteiger partial charge in [-0.2, -0.15) is 8.78 Å². The lowest BCUT2D eigenvalue weighted by Gasteiger charge is -2.04. The third-order valence-corrected chi connectivity index (χ3v) is 3.65. The minimum Gasteiger partial charge on any atom is -0.377 e. The first-order chi connectivity index (χ1) is 10.8. The van der Waals surface area contributed by atoms with Gasteiger partial charge in [-0.3, -0.25) is 0 Å². The summed E-state index contributed by atoms with van der Waals surface area (Å²) in [5.74, 6) is 0. The van der Waals surface area contributed by atoms with Crippen LogP contribution >= 0.6 is 0 Å². The second-order valence-electron chi connectivity index (χ2n) is 5.65. The van der Waals surface area contributed by atoms with E-state index < -0.39 is 6.08 Å².